The van der Waals surface area contributed by atoms with Crippen molar-refractivity contribution in [2.75, 3.05) is 10.2 Å². The Hall–Kier alpha value is -3.87. The summed E-state index contributed by atoms with van der Waals surface area (Å²) in [6, 6.07) is 18.0. The van der Waals surface area contributed by atoms with Gasteiger partial charge in [0.2, 0.25) is 17.7 Å². The Morgan fingerprint density at radius 3 is 2.35 bits per heavy atom. The third kappa shape index (κ3) is 5.39. The zero-order valence-corrected chi connectivity index (χ0v) is 24.6. The minimum absolute atomic E-state index is 0.0750. The number of carbonyl (C=O) groups excluding carboxylic acids is 3. The lowest BCUT2D eigenvalue weighted by Gasteiger charge is -2.30. The molecule has 0 bridgehead atoms. The van der Waals surface area contributed by atoms with Crippen molar-refractivity contribution < 1.29 is 27.6 Å². The fourth-order valence-electron chi connectivity index (χ4n) is 5.35. The highest BCUT2D eigenvalue weighted by molar-refractivity contribution is 8.00. The smallest absolute Gasteiger partial charge is 0.325 e. The monoisotopic (exact) mass is 643 g/mol. The Bertz CT molecular complexity index is 1820. The summed E-state index contributed by atoms with van der Waals surface area (Å²) in [5.41, 5.74) is 1.07. The number of amides is 3. The summed E-state index contributed by atoms with van der Waals surface area (Å²) in [6.45, 7) is 1.40. The molecule has 1 N–H and O–H groups in total. The average molecular weight is 644 g/mol. The zero-order chi connectivity index (χ0) is 30.6. The number of nitrogens with one attached hydrogen (secondary N) is 1. The van der Waals surface area contributed by atoms with E-state index in [1.165, 1.54) is 21.6 Å². The molecule has 2 aliphatic heterocycles. The van der Waals surface area contributed by atoms with Gasteiger partial charge in [0.1, 0.15) is 11.8 Å². The maximum atomic E-state index is 13.9. The van der Waals surface area contributed by atoms with Crippen molar-refractivity contribution in [3.8, 4) is 0 Å². The number of alkyl halides is 3. The number of thioether (sulfide) groups is 1. The average Bonchev–Trinajstić information content (AvgIpc) is 3.40. The molecule has 43 heavy (non-hydrogen) atoms. The second-order valence-corrected chi connectivity index (χ2v) is 12.8. The number of anilines is 2. The van der Waals surface area contributed by atoms with Gasteiger partial charge in [-0.3, -0.25) is 23.7 Å². The van der Waals surface area contributed by atoms with Gasteiger partial charge in [0.15, 0.2) is 0 Å². The van der Waals surface area contributed by atoms with Gasteiger partial charge in [0, 0.05) is 21.5 Å². The second-order valence-electron chi connectivity index (χ2n) is 10.2. The highest BCUT2D eigenvalue weighted by atomic mass is 35.5. The lowest BCUT2D eigenvalue weighted by molar-refractivity contribution is -0.137. The van der Waals surface area contributed by atoms with Gasteiger partial charge in [-0.15, -0.1) is 0 Å². The van der Waals surface area contributed by atoms with E-state index in [4.69, 9.17) is 11.6 Å². The largest absolute Gasteiger partial charge is 0.416 e. The van der Waals surface area contributed by atoms with Crippen LogP contribution in [-0.2, 0) is 27.1 Å². The number of thiazole rings is 1. The van der Waals surface area contributed by atoms with Crippen molar-refractivity contribution >= 4 is 63.8 Å². The zero-order valence-electron chi connectivity index (χ0n) is 22.2. The molecule has 6 rings (SSSR count). The van der Waals surface area contributed by atoms with Crippen molar-refractivity contribution in [2.45, 2.75) is 35.8 Å². The van der Waals surface area contributed by atoms with Crippen molar-refractivity contribution in [1.29, 1.82) is 0 Å². The van der Waals surface area contributed by atoms with Crippen LogP contribution in [0.1, 0.15) is 27.5 Å². The van der Waals surface area contributed by atoms with E-state index < -0.39 is 58.0 Å². The molecule has 0 saturated carbocycles. The number of aromatic nitrogens is 1. The number of nitrogens with zero attached hydrogens (tertiary/aromatic N) is 2. The van der Waals surface area contributed by atoms with E-state index in [9.17, 15) is 32.3 Å². The van der Waals surface area contributed by atoms with E-state index in [1.807, 2.05) is 6.92 Å². The first-order valence-electron chi connectivity index (χ1n) is 13.0. The fraction of sp³-hybridized carbons (Fsp3) is 0.200. The molecule has 1 saturated heterocycles. The van der Waals surface area contributed by atoms with E-state index in [2.05, 4.69) is 5.32 Å². The minimum atomic E-state index is -4.59. The van der Waals surface area contributed by atoms with Crippen LogP contribution < -0.4 is 15.1 Å². The van der Waals surface area contributed by atoms with E-state index in [-0.39, 0.29) is 5.69 Å². The van der Waals surface area contributed by atoms with Crippen LogP contribution in [0.4, 0.5) is 24.5 Å². The van der Waals surface area contributed by atoms with Crippen LogP contribution >= 0.6 is 34.7 Å². The van der Waals surface area contributed by atoms with Crippen molar-refractivity contribution in [2.24, 2.45) is 5.92 Å². The van der Waals surface area contributed by atoms with E-state index in [0.29, 0.717) is 26.2 Å². The Morgan fingerprint density at radius 1 is 0.977 bits per heavy atom. The van der Waals surface area contributed by atoms with Gasteiger partial charge in [-0.05, 0) is 55.0 Å². The molecule has 1 fully saturated rings. The van der Waals surface area contributed by atoms with Crippen molar-refractivity contribution in [1.82, 2.24) is 4.57 Å². The molecule has 2 aliphatic rings. The highest BCUT2D eigenvalue weighted by Gasteiger charge is 2.56. The predicted molar refractivity (Wildman–Crippen MR) is 159 cm³/mol. The molecule has 220 valence electrons. The Morgan fingerprint density at radius 2 is 1.67 bits per heavy atom. The number of hydrogen-bond donors (Lipinski definition) is 1. The van der Waals surface area contributed by atoms with E-state index in [0.717, 1.165) is 40.8 Å². The Labute approximate surface area is 256 Å². The molecule has 0 unspecified atom stereocenters. The molecule has 3 aromatic carbocycles. The molecule has 1 aromatic heterocycles. The van der Waals surface area contributed by atoms with Gasteiger partial charge in [0.25, 0.3) is 0 Å². The molecule has 3 heterocycles. The van der Waals surface area contributed by atoms with Crippen LogP contribution in [0, 0.1) is 12.8 Å². The van der Waals surface area contributed by atoms with Gasteiger partial charge in [-0.1, -0.05) is 70.6 Å². The molecule has 3 amide bonds. The van der Waals surface area contributed by atoms with Crippen molar-refractivity contribution in [3.63, 3.8) is 0 Å². The van der Waals surface area contributed by atoms with Crippen LogP contribution in [0.3, 0.4) is 0 Å². The van der Waals surface area contributed by atoms with Crippen LogP contribution in [0.5, 0.6) is 0 Å². The lowest BCUT2D eigenvalue weighted by atomic mass is 9.83. The molecule has 0 aliphatic carbocycles. The minimum Gasteiger partial charge on any atom is -0.325 e. The fourth-order valence-corrected chi connectivity index (χ4v) is 8.25. The standard InChI is InChI=1S/C30H21ClF3N3O4S2/c1-15-5-11-20(12-6-15)37-26(39)23-22(16-7-9-18(31)10-8-16)25-28(42-24(23)27(37)40)36(29(41)43-25)14-21(38)35-19-4-2-3-17(13-19)30(32,33)34/h2-13,22-24H,14H2,1H3,(H,35,38)/t22-,23-,24+/m0/s1. The summed E-state index contributed by atoms with van der Waals surface area (Å²) in [5.74, 6) is -3.05. The van der Waals surface area contributed by atoms with Crippen LogP contribution in [0.2, 0.25) is 5.02 Å². The number of benzene rings is 3. The molecule has 0 radical (unpaired) electrons. The number of rotatable bonds is 5. The predicted octanol–water partition coefficient (Wildman–Crippen LogP) is 6.32. The molecule has 13 heteroatoms. The van der Waals surface area contributed by atoms with Crippen molar-refractivity contribution in [3.05, 3.63) is 109 Å². The Kier molecular flexibility index (Phi) is 7.47. The maximum absolute atomic E-state index is 13.9. The molecule has 4 aromatic rings. The number of imide groups is 1. The summed E-state index contributed by atoms with van der Waals surface area (Å²) in [5, 5.41) is 2.38. The number of fused-ring (bicyclic) bond motifs is 2. The normalized spacial score (nSPS) is 19.7. The first kappa shape index (κ1) is 29.2. The van der Waals surface area contributed by atoms with E-state index >= 15 is 0 Å². The summed E-state index contributed by atoms with van der Waals surface area (Å²) in [7, 11) is 0. The number of aryl methyl sites for hydroxylation is 1. The SMILES string of the molecule is Cc1ccc(N2C(=O)[C@H]3[C@H](c4ccc(Cl)cc4)c4sc(=O)n(CC(=O)Nc5cccc(C(F)(F)F)c5)c4S[C@H]3C2=O)cc1. The van der Waals surface area contributed by atoms with Gasteiger partial charge in [0.05, 0.1) is 22.2 Å². The molecular weight excluding hydrogens is 623 g/mol. The van der Waals surface area contributed by atoms with Crippen LogP contribution in [0.25, 0.3) is 0 Å². The first-order valence-corrected chi connectivity index (χ1v) is 15.1. The summed E-state index contributed by atoms with van der Waals surface area (Å²) in [4.78, 5) is 55.1. The Balaban J connectivity index is 1.37. The number of hydrogen-bond acceptors (Lipinski definition) is 6. The summed E-state index contributed by atoms with van der Waals surface area (Å²) in [6.07, 6.45) is -4.59. The van der Waals surface area contributed by atoms with E-state index in [1.54, 1.807) is 48.5 Å². The van der Waals surface area contributed by atoms with Gasteiger partial charge in [-0.25, -0.2) is 4.90 Å². The molecular formula is C30H21ClF3N3O4S2. The molecule has 3 atom stereocenters. The second kappa shape index (κ2) is 11.0. The molecule has 7 nitrogen and oxygen atoms in total. The van der Waals surface area contributed by atoms with Crippen LogP contribution in [-0.4, -0.2) is 27.5 Å². The first-order chi connectivity index (χ1) is 20.4. The molecule has 0 spiro atoms. The van der Waals surface area contributed by atoms with Crippen LogP contribution in [0.15, 0.2) is 82.6 Å². The maximum Gasteiger partial charge on any atom is 0.416 e. The van der Waals surface area contributed by atoms with Gasteiger partial charge >= 0.3 is 11.0 Å². The quantitative estimate of drug-likeness (QED) is 0.257. The third-order valence-corrected chi connectivity index (χ3v) is 10.2. The summed E-state index contributed by atoms with van der Waals surface area (Å²) < 4.78 is 40.7. The lowest BCUT2D eigenvalue weighted by Crippen LogP contribution is -2.33. The highest BCUT2D eigenvalue weighted by Crippen LogP contribution is 2.54. The number of carbonyl (C=O) groups is 3. The van der Waals surface area contributed by atoms with Gasteiger partial charge < -0.3 is 5.32 Å². The topological polar surface area (TPSA) is 88.5 Å². The number of halogens is 4. The van der Waals surface area contributed by atoms with Gasteiger partial charge in [-0.2, -0.15) is 13.2 Å². The summed E-state index contributed by atoms with van der Waals surface area (Å²) >= 11 is 8.05. The third-order valence-electron chi connectivity index (χ3n) is 7.35.